The average Bonchev–Trinajstić information content (AvgIpc) is 2.35. The molecule has 3 nitrogen and oxygen atoms in total. The second-order valence-electron chi connectivity index (χ2n) is 4.46. The number of anilines is 1. The van der Waals surface area contributed by atoms with Gasteiger partial charge in [-0.05, 0) is 31.0 Å². The molecule has 0 radical (unpaired) electrons. The van der Waals surface area contributed by atoms with E-state index in [4.69, 9.17) is 10.00 Å². The van der Waals surface area contributed by atoms with E-state index < -0.39 is 5.82 Å². The van der Waals surface area contributed by atoms with Gasteiger partial charge in [-0.15, -0.1) is 0 Å². The number of hydrogen-bond acceptors (Lipinski definition) is 3. The van der Waals surface area contributed by atoms with Crippen LogP contribution in [0.15, 0.2) is 18.2 Å². The van der Waals surface area contributed by atoms with Crippen molar-refractivity contribution in [1.82, 2.24) is 0 Å². The molecule has 0 heterocycles. The Morgan fingerprint density at radius 2 is 2.17 bits per heavy atom. The van der Waals surface area contributed by atoms with Gasteiger partial charge in [0, 0.05) is 6.61 Å². The van der Waals surface area contributed by atoms with Crippen molar-refractivity contribution in [1.29, 1.82) is 5.26 Å². The van der Waals surface area contributed by atoms with Crippen LogP contribution in [0.3, 0.4) is 0 Å². The first kappa shape index (κ1) is 14.5. The van der Waals surface area contributed by atoms with E-state index in [2.05, 4.69) is 19.2 Å². The van der Waals surface area contributed by atoms with Gasteiger partial charge in [-0.3, -0.25) is 0 Å². The van der Waals surface area contributed by atoms with E-state index in [0.29, 0.717) is 30.4 Å². The summed E-state index contributed by atoms with van der Waals surface area (Å²) in [5.74, 6) is -0.0452. The highest BCUT2D eigenvalue weighted by atomic mass is 19.1. The highest BCUT2D eigenvalue weighted by molar-refractivity contribution is 5.58. The number of halogens is 1. The summed E-state index contributed by atoms with van der Waals surface area (Å²) < 4.78 is 18.4. The van der Waals surface area contributed by atoms with Crippen LogP contribution in [-0.4, -0.2) is 19.3 Å². The molecule has 1 N–H and O–H groups in total. The first-order valence-electron chi connectivity index (χ1n) is 6.12. The van der Waals surface area contributed by atoms with Crippen molar-refractivity contribution in [2.75, 3.05) is 18.5 Å². The lowest BCUT2D eigenvalue weighted by molar-refractivity contribution is 0.127. The number of nitrogens with one attached hydrogen (secondary N) is 1. The Morgan fingerprint density at radius 1 is 1.44 bits per heavy atom. The van der Waals surface area contributed by atoms with Crippen LogP contribution in [0.5, 0.6) is 0 Å². The maximum absolute atomic E-state index is 13.0. The van der Waals surface area contributed by atoms with Gasteiger partial charge in [0.1, 0.15) is 11.9 Å². The molecule has 1 rings (SSSR count). The lowest BCUT2D eigenvalue weighted by Gasteiger charge is -2.23. The summed E-state index contributed by atoms with van der Waals surface area (Å²) in [6.07, 6.45) is 0. The van der Waals surface area contributed by atoms with Crippen molar-refractivity contribution in [3.63, 3.8) is 0 Å². The summed E-state index contributed by atoms with van der Waals surface area (Å²) in [5.41, 5.74) is 0.967. The van der Waals surface area contributed by atoms with Gasteiger partial charge in [0.15, 0.2) is 0 Å². The van der Waals surface area contributed by atoms with Crippen LogP contribution in [0.25, 0.3) is 0 Å². The lowest BCUT2D eigenvalue weighted by atomic mass is 10.0. The highest BCUT2D eigenvalue weighted by Crippen LogP contribution is 2.19. The van der Waals surface area contributed by atoms with Gasteiger partial charge in [0.25, 0.3) is 0 Å². The van der Waals surface area contributed by atoms with Gasteiger partial charge in [0.05, 0.1) is 23.9 Å². The molecule has 0 amide bonds. The van der Waals surface area contributed by atoms with E-state index in [1.54, 1.807) is 6.07 Å². The van der Waals surface area contributed by atoms with Gasteiger partial charge >= 0.3 is 0 Å². The van der Waals surface area contributed by atoms with Gasteiger partial charge in [-0.1, -0.05) is 13.8 Å². The molecule has 1 unspecified atom stereocenters. The van der Waals surface area contributed by atoms with Crippen molar-refractivity contribution in [3.8, 4) is 6.07 Å². The summed E-state index contributed by atoms with van der Waals surface area (Å²) in [4.78, 5) is 0. The Morgan fingerprint density at radius 3 is 2.72 bits per heavy atom. The number of nitriles is 1. The monoisotopic (exact) mass is 250 g/mol. The quantitative estimate of drug-likeness (QED) is 0.843. The Hall–Kier alpha value is -1.60. The smallest absolute Gasteiger partial charge is 0.124 e. The molecule has 0 aliphatic rings. The van der Waals surface area contributed by atoms with Crippen LogP contribution in [0.2, 0.25) is 0 Å². The van der Waals surface area contributed by atoms with E-state index in [1.165, 1.54) is 12.1 Å². The summed E-state index contributed by atoms with van der Waals surface area (Å²) in [7, 11) is 0. The molecule has 0 saturated heterocycles. The van der Waals surface area contributed by atoms with Crippen molar-refractivity contribution in [3.05, 3.63) is 29.6 Å². The van der Waals surface area contributed by atoms with Gasteiger partial charge in [-0.25, -0.2) is 4.39 Å². The third-order valence-corrected chi connectivity index (χ3v) is 2.75. The zero-order valence-electron chi connectivity index (χ0n) is 11.0. The second-order valence-corrected chi connectivity index (χ2v) is 4.46. The topological polar surface area (TPSA) is 45.0 Å². The zero-order chi connectivity index (χ0) is 13.5. The summed E-state index contributed by atoms with van der Waals surface area (Å²) >= 11 is 0. The molecule has 0 aliphatic heterocycles. The maximum Gasteiger partial charge on any atom is 0.124 e. The van der Waals surface area contributed by atoms with Crippen LogP contribution in [-0.2, 0) is 4.74 Å². The van der Waals surface area contributed by atoms with Gasteiger partial charge in [-0.2, -0.15) is 5.26 Å². The Bertz CT molecular complexity index is 426. The van der Waals surface area contributed by atoms with E-state index >= 15 is 0 Å². The molecule has 0 bridgehead atoms. The number of nitrogens with zero attached hydrogens (tertiary/aromatic N) is 1. The molecule has 0 aromatic heterocycles. The fourth-order valence-electron chi connectivity index (χ4n) is 1.58. The first-order valence-corrected chi connectivity index (χ1v) is 6.12. The molecule has 18 heavy (non-hydrogen) atoms. The molecule has 4 heteroatoms. The van der Waals surface area contributed by atoms with Crippen LogP contribution in [0.4, 0.5) is 10.1 Å². The molecule has 1 aromatic carbocycles. The molecule has 0 aliphatic carbocycles. The van der Waals surface area contributed by atoms with Crippen molar-refractivity contribution in [2.24, 2.45) is 5.92 Å². The average molecular weight is 250 g/mol. The molecule has 1 aromatic rings. The van der Waals surface area contributed by atoms with Gasteiger partial charge < -0.3 is 10.1 Å². The normalized spacial score (nSPS) is 12.2. The maximum atomic E-state index is 13.0. The molecule has 0 fully saturated rings. The molecule has 0 saturated carbocycles. The molecule has 1 atom stereocenters. The zero-order valence-corrected chi connectivity index (χ0v) is 11.0. The molecule has 0 spiro atoms. The third kappa shape index (κ3) is 4.01. The fourth-order valence-corrected chi connectivity index (χ4v) is 1.58. The van der Waals surface area contributed by atoms with E-state index in [9.17, 15) is 4.39 Å². The van der Waals surface area contributed by atoms with Crippen LogP contribution in [0, 0.1) is 23.1 Å². The number of hydrogen-bond donors (Lipinski definition) is 1. The highest BCUT2D eigenvalue weighted by Gasteiger charge is 2.15. The lowest BCUT2D eigenvalue weighted by Crippen LogP contribution is -2.31. The Kier molecular flexibility index (Phi) is 5.60. The van der Waals surface area contributed by atoms with Crippen LogP contribution >= 0.6 is 0 Å². The van der Waals surface area contributed by atoms with Gasteiger partial charge in [0.2, 0.25) is 0 Å². The van der Waals surface area contributed by atoms with E-state index in [-0.39, 0.29) is 6.04 Å². The third-order valence-electron chi connectivity index (χ3n) is 2.75. The predicted molar refractivity (Wildman–Crippen MR) is 69.9 cm³/mol. The molecule has 98 valence electrons. The molecular formula is C14H19FN2O. The Balaban J connectivity index is 2.83. The minimum absolute atomic E-state index is 0.0995. The first-order chi connectivity index (χ1) is 8.58. The number of rotatable bonds is 6. The summed E-state index contributed by atoms with van der Waals surface area (Å²) in [5, 5.41) is 12.2. The van der Waals surface area contributed by atoms with Crippen LogP contribution in [0.1, 0.15) is 26.3 Å². The standard InChI is InChI=1S/C14H19FN2O/c1-4-18-9-14(10(2)3)17-13-6-5-12(15)7-11(13)8-16/h5-7,10,14,17H,4,9H2,1-3H3. The SMILES string of the molecule is CCOCC(Nc1ccc(F)cc1C#N)C(C)C. The largest absolute Gasteiger partial charge is 0.380 e. The van der Waals surface area contributed by atoms with Crippen LogP contribution < -0.4 is 5.32 Å². The minimum Gasteiger partial charge on any atom is -0.380 e. The fraction of sp³-hybridized carbons (Fsp3) is 0.500. The second kappa shape index (κ2) is 6.97. The van der Waals surface area contributed by atoms with Crippen molar-refractivity contribution >= 4 is 5.69 Å². The van der Waals surface area contributed by atoms with Crippen molar-refractivity contribution in [2.45, 2.75) is 26.8 Å². The predicted octanol–water partition coefficient (Wildman–Crippen LogP) is 3.17. The summed E-state index contributed by atoms with van der Waals surface area (Å²) in [6.45, 7) is 7.31. The van der Waals surface area contributed by atoms with E-state index in [0.717, 1.165) is 0 Å². The minimum atomic E-state index is -0.400. The van der Waals surface area contributed by atoms with E-state index in [1.807, 2.05) is 13.0 Å². The summed E-state index contributed by atoms with van der Waals surface area (Å²) in [6, 6.07) is 6.27. The number of benzene rings is 1. The Labute approximate surface area is 108 Å². The number of ether oxygens (including phenoxy) is 1. The molecular weight excluding hydrogens is 231 g/mol. The van der Waals surface area contributed by atoms with Crippen molar-refractivity contribution < 1.29 is 9.13 Å².